The number of hydrogen-bond acceptors (Lipinski definition) is 3. The lowest BCUT2D eigenvalue weighted by molar-refractivity contribution is 0.0696. The van der Waals surface area contributed by atoms with Crippen LogP contribution in [0.1, 0.15) is 52.0 Å². The molecule has 2 N–H and O–H groups in total. The van der Waals surface area contributed by atoms with Gasteiger partial charge in [0.15, 0.2) is 0 Å². The minimum atomic E-state index is -1.11. The SMILES string of the molecule is C1=CCCCC1.Cc1c(C(=O)O)cccc1C(=O)O.O=CCl. The number of aromatic carboxylic acids is 2. The van der Waals surface area contributed by atoms with Gasteiger partial charge in [0, 0.05) is 0 Å². The highest BCUT2D eigenvalue weighted by molar-refractivity contribution is 6.54. The number of carboxylic acids is 2. The Morgan fingerprint density at radius 1 is 1.05 bits per heavy atom. The summed E-state index contributed by atoms with van der Waals surface area (Å²) >= 11 is 4.32. The predicted octanol–water partition coefficient (Wildman–Crippen LogP) is 3.92. The number of carbonyl (C=O) groups excluding carboxylic acids is 1. The first-order chi connectivity index (χ1) is 10.5. The van der Waals surface area contributed by atoms with Crippen molar-refractivity contribution in [2.24, 2.45) is 0 Å². The molecular weight excluding hydrogens is 308 g/mol. The molecule has 1 aliphatic carbocycles. The van der Waals surface area contributed by atoms with Gasteiger partial charge in [0.05, 0.1) is 11.1 Å². The summed E-state index contributed by atoms with van der Waals surface area (Å²) < 4.78 is 0. The van der Waals surface area contributed by atoms with Crippen LogP contribution >= 0.6 is 11.6 Å². The number of halogens is 1. The molecule has 0 atom stereocenters. The van der Waals surface area contributed by atoms with Crippen molar-refractivity contribution in [3.05, 3.63) is 47.0 Å². The van der Waals surface area contributed by atoms with Gasteiger partial charge < -0.3 is 10.2 Å². The molecule has 5 nitrogen and oxygen atoms in total. The molecule has 6 heteroatoms. The van der Waals surface area contributed by atoms with Gasteiger partial charge >= 0.3 is 11.9 Å². The van der Waals surface area contributed by atoms with E-state index in [9.17, 15) is 9.59 Å². The molecule has 0 saturated carbocycles. The molecule has 0 aromatic heterocycles. The van der Waals surface area contributed by atoms with Crippen LogP contribution in [0.4, 0.5) is 0 Å². The van der Waals surface area contributed by atoms with Crippen molar-refractivity contribution in [3.63, 3.8) is 0 Å². The van der Waals surface area contributed by atoms with Gasteiger partial charge in [-0.2, -0.15) is 0 Å². The smallest absolute Gasteiger partial charge is 0.335 e. The van der Waals surface area contributed by atoms with E-state index < -0.39 is 11.9 Å². The van der Waals surface area contributed by atoms with Crippen LogP contribution in [0.15, 0.2) is 30.4 Å². The zero-order chi connectivity index (χ0) is 17.0. The number of allylic oxidation sites excluding steroid dienone is 2. The summed E-state index contributed by atoms with van der Waals surface area (Å²) in [6, 6.07) is 4.17. The second-order valence-electron chi connectivity index (χ2n) is 4.43. The predicted molar refractivity (Wildman–Crippen MR) is 85.3 cm³/mol. The Labute approximate surface area is 134 Å². The highest BCUT2D eigenvalue weighted by Gasteiger charge is 2.13. The highest BCUT2D eigenvalue weighted by atomic mass is 35.5. The van der Waals surface area contributed by atoms with Gasteiger partial charge in [-0.25, -0.2) is 9.59 Å². The maximum atomic E-state index is 10.6. The Kier molecular flexibility index (Phi) is 10.4. The lowest BCUT2D eigenvalue weighted by atomic mass is 10.0. The first-order valence-electron chi connectivity index (χ1n) is 6.70. The fourth-order valence-corrected chi connectivity index (χ4v) is 1.86. The molecule has 0 radical (unpaired) electrons. The van der Waals surface area contributed by atoms with Crippen molar-refractivity contribution < 1.29 is 24.6 Å². The summed E-state index contributed by atoms with van der Waals surface area (Å²) in [7, 11) is 0. The Balaban J connectivity index is 0.000000404. The molecule has 0 saturated heterocycles. The van der Waals surface area contributed by atoms with Crippen molar-refractivity contribution >= 4 is 29.3 Å². The monoisotopic (exact) mass is 326 g/mol. The normalized spacial score (nSPS) is 12.1. The van der Waals surface area contributed by atoms with Crippen molar-refractivity contribution in [3.8, 4) is 0 Å². The third kappa shape index (κ3) is 7.59. The molecule has 1 aromatic rings. The van der Waals surface area contributed by atoms with Crippen molar-refractivity contribution in [2.75, 3.05) is 0 Å². The fourth-order valence-electron chi connectivity index (χ4n) is 1.86. The molecule has 120 valence electrons. The van der Waals surface area contributed by atoms with Gasteiger partial charge in [-0.3, -0.25) is 4.79 Å². The van der Waals surface area contributed by atoms with E-state index in [4.69, 9.17) is 15.0 Å². The Morgan fingerprint density at radius 3 is 1.64 bits per heavy atom. The van der Waals surface area contributed by atoms with Gasteiger partial charge in [0.1, 0.15) is 0 Å². The molecule has 0 fully saturated rings. The van der Waals surface area contributed by atoms with Crippen LogP contribution < -0.4 is 0 Å². The molecule has 0 spiro atoms. The first-order valence-corrected chi connectivity index (χ1v) is 7.14. The van der Waals surface area contributed by atoms with Crippen LogP contribution in [-0.2, 0) is 4.79 Å². The summed E-state index contributed by atoms with van der Waals surface area (Å²) in [5.74, 6) is -2.00. The highest BCUT2D eigenvalue weighted by Crippen LogP contribution is 2.13. The molecule has 0 heterocycles. The summed E-state index contributed by atoms with van der Waals surface area (Å²) in [4.78, 5) is 29.8. The second kappa shape index (κ2) is 11.5. The van der Waals surface area contributed by atoms with Crippen LogP contribution in [0.25, 0.3) is 0 Å². The van der Waals surface area contributed by atoms with E-state index in [1.807, 2.05) is 0 Å². The standard InChI is InChI=1S/C9H8O4.C6H10.CHClO/c1-5-6(8(10)11)3-2-4-7(5)9(12)13;1-2-4-6-5-3-1;2-1-3/h2-4H,1H3,(H,10,11)(H,12,13);1-2H,3-6H2;1H. The van der Waals surface area contributed by atoms with Crippen LogP contribution in [-0.4, -0.2) is 27.9 Å². The van der Waals surface area contributed by atoms with Crippen molar-refractivity contribution in [1.29, 1.82) is 0 Å². The zero-order valence-electron chi connectivity index (χ0n) is 12.3. The first kappa shape index (κ1) is 19.9. The molecule has 0 bridgehead atoms. The van der Waals surface area contributed by atoms with Crippen LogP contribution in [0.5, 0.6) is 0 Å². The summed E-state index contributed by atoms with van der Waals surface area (Å²) in [6.07, 6.45) is 10.0. The average molecular weight is 327 g/mol. The lowest BCUT2D eigenvalue weighted by Crippen LogP contribution is -2.06. The maximum Gasteiger partial charge on any atom is 0.335 e. The molecule has 0 aliphatic heterocycles. The third-order valence-electron chi connectivity index (χ3n) is 2.95. The second-order valence-corrected chi connectivity index (χ2v) is 4.61. The van der Waals surface area contributed by atoms with E-state index in [1.165, 1.54) is 50.8 Å². The van der Waals surface area contributed by atoms with E-state index >= 15 is 0 Å². The number of carbonyl (C=O) groups is 3. The molecular formula is C16H19ClO5. The zero-order valence-corrected chi connectivity index (χ0v) is 13.0. The third-order valence-corrected chi connectivity index (χ3v) is 2.95. The van der Waals surface area contributed by atoms with Crippen LogP contribution in [0.3, 0.4) is 0 Å². The van der Waals surface area contributed by atoms with Gasteiger partial charge in [0.2, 0.25) is 5.75 Å². The van der Waals surface area contributed by atoms with Gasteiger partial charge in [-0.15, -0.1) is 0 Å². The number of benzene rings is 1. The summed E-state index contributed by atoms with van der Waals surface area (Å²) in [5, 5.41) is 17.4. The van der Waals surface area contributed by atoms with E-state index in [0.29, 0.717) is 0 Å². The Bertz CT molecular complexity index is 497. The Hall–Kier alpha value is -2.14. The summed E-state index contributed by atoms with van der Waals surface area (Å²) in [6.45, 7) is 1.48. The quantitative estimate of drug-likeness (QED) is 0.488. The van der Waals surface area contributed by atoms with E-state index in [2.05, 4.69) is 23.8 Å². The molecule has 2 rings (SSSR count). The number of carboxylic acid groups (broad SMARTS) is 2. The minimum Gasteiger partial charge on any atom is -0.478 e. The fraction of sp³-hybridized carbons (Fsp3) is 0.312. The van der Waals surface area contributed by atoms with Crippen LogP contribution in [0, 0.1) is 6.92 Å². The van der Waals surface area contributed by atoms with Crippen LogP contribution in [0.2, 0.25) is 0 Å². The topological polar surface area (TPSA) is 91.7 Å². The molecule has 22 heavy (non-hydrogen) atoms. The van der Waals surface area contributed by atoms with E-state index in [1.54, 1.807) is 0 Å². The molecule has 0 unspecified atom stereocenters. The van der Waals surface area contributed by atoms with E-state index in [-0.39, 0.29) is 22.4 Å². The number of rotatable bonds is 2. The Morgan fingerprint density at radius 2 is 1.41 bits per heavy atom. The van der Waals surface area contributed by atoms with Gasteiger partial charge in [0.25, 0.3) is 0 Å². The molecule has 0 amide bonds. The van der Waals surface area contributed by atoms with E-state index in [0.717, 1.165) is 0 Å². The average Bonchev–Trinajstić information content (AvgIpc) is 2.50. The number of hydrogen-bond donors (Lipinski definition) is 2. The van der Waals surface area contributed by atoms with Crippen molar-refractivity contribution in [1.82, 2.24) is 0 Å². The van der Waals surface area contributed by atoms with Gasteiger partial charge in [-0.1, -0.05) is 18.2 Å². The molecule has 1 aliphatic rings. The largest absolute Gasteiger partial charge is 0.478 e. The molecule has 1 aromatic carbocycles. The minimum absolute atomic E-state index is 0.0277. The summed E-state index contributed by atoms with van der Waals surface area (Å²) in [5.41, 5.74) is 0.335. The van der Waals surface area contributed by atoms with Crippen molar-refractivity contribution in [2.45, 2.75) is 32.6 Å². The van der Waals surface area contributed by atoms with Gasteiger partial charge in [-0.05, 0) is 61.9 Å². The lowest BCUT2D eigenvalue weighted by Gasteiger charge is -2.03. The maximum absolute atomic E-state index is 10.6.